The van der Waals surface area contributed by atoms with Gasteiger partial charge in [-0.05, 0) is 0 Å². The van der Waals surface area contributed by atoms with Crippen molar-refractivity contribution in [3.63, 3.8) is 0 Å². The van der Waals surface area contributed by atoms with Crippen molar-refractivity contribution >= 4 is 7.82 Å². The third-order valence-electron chi connectivity index (χ3n) is 0. The average Bonchev–Trinajstić information content (AvgIpc) is 1.12. The van der Waals surface area contributed by atoms with Gasteiger partial charge in [0, 0.05) is 0 Å². The molecule has 0 aromatic carbocycles. The Morgan fingerprint density at radius 2 is 0.733 bits per heavy atom. The summed E-state index contributed by atoms with van der Waals surface area (Å²) < 4.78 is 42.9. The van der Waals surface area contributed by atoms with Crippen molar-refractivity contribution in [3.8, 4) is 0 Å². The van der Waals surface area contributed by atoms with Crippen molar-refractivity contribution in [1.29, 1.82) is 0 Å². The Morgan fingerprint density at radius 1 is 0.733 bits per heavy atom. The van der Waals surface area contributed by atoms with Crippen LogP contribution in [0.3, 0.4) is 0 Å². The minimum absolute atomic E-state index is 0. The van der Waals surface area contributed by atoms with Gasteiger partial charge < -0.3 is 19.2 Å². The molecule has 0 aromatic rings. The van der Waals surface area contributed by atoms with Crippen LogP contribution in [0.1, 0.15) is 0 Å². The fourth-order valence-electron chi connectivity index (χ4n) is 0. The maximum absolute atomic E-state index is 8.58. The van der Waals surface area contributed by atoms with Gasteiger partial charge in [-0.3, -0.25) is 0 Å². The summed E-state index contributed by atoms with van der Waals surface area (Å²) >= 11 is -5.62. The van der Waals surface area contributed by atoms with E-state index in [0.29, 0.717) is 0 Å². The van der Waals surface area contributed by atoms with Gasteiger partial charge in [0.25, 0.3) is 0 Å². The Hall–Kier alpha value is 3.14. The molecule has 0 spiro atoms. The van der Waals surface area contributed by atoms with Gasteiger partial charge in [-0.2, -0.15) is 7.82 Å². The van der Waals surface area contributed by atoms with Crippen LogP contribution in [0.15, 0.2) is 0 Å². The Morgan fingerprint density at radius 3 is 0.733 bits per heavy atom. The van der Waals surface area contributed by atoms with Gasteiger partial charge in [0.15, 0.2) is 0 Å². The van der Waals surface area contributed by atoms with Crippen molar-refractivity contribution in [1.82, 2.24) is 0 Å². The van der Waals surface area contributed by atoms with Gasteiger partial charge in [0.1, 0.15) is 0 Å². The second-order valence-electron chi connectivity index (χ2n) is 0.825. The fourth-order valence-corrected chi connectivity index (χ4v) is 0. The van der Waals surface area contributed by atoms with Crippen LogP contribution < -0.4 is 117 Å². The van der Waals surface area contributed by atoms with Crippen LogP contribution >= 0.6 is 7.82 Å². The molecule has 8 nitrogen and oxygen atoms in total. The molecule has 0 unspecified atom stereocenters. The zero-order valence-corrected chi connectivity index (χ0v) is 11.2. The molecular weight excluding hydrogens is 249 g/mol. The molecule has 65 valence electrons. The van der Waals surface area contributed by atoms with E-state index in [-0.39, 0.29) is 94.3 Å². The molecule has 0 aromatic heterocycles. The molecule has 0 heterocycles. The minimum atomic E-state index is -5.62. The molecule has 15 heavy (non-hydrogen) atoms. The fraction of sp³-hybridized carbons (Fsp3) is 0. The van der Waals surface area contributed by atoms with E-state index in [1.807, 2.05) is 0 Å². The predicted octanol–water partition coefficient (Wildman–Crippen LogP) is -20.4. The van der Waals surface area contributed by atoms with Gasteiger partial charge in [0.05, 0.1) is 0 Å². The standard InChI is InChI=1S/5Li.Mn.H3O4P.4O/c;;;;;;1-5(2,3)4;;;;/h;;;;;;(H3,1,2,3,4);;;;/q5*+1;;;;;2*-1/p-3. The molecule has 0 aliphatic heterocycles. The zero-order valence-electron chi connectivity index (χ0n) is 9.09. The zero-order chi connectivity index (χ0) is 9.00. The summed E-state index contributed by atoms with van der Waals surface area (Å²) in [4.78, 5) is 25.6. The van der Waals surface area contributed by atoms with Gasteiger partial charge in [-0.25, -0.2) is 0 Å². The summed E-state index contributed by atoms with van der Waals surface area (Å²) in [6.45, 7) is 0. The molecule has 0 aliphatic rings. The van der Waals surface area contributed by atoms with E-state index < -0.39 is 21.2 Å². The summed E-state index contributed by atoms with van der Waals surface area (Å²) in [7, 11) is -5.39. The van der Waals surface area contributed by atoms with Crippen molar-refractivity contribution in [2.75, 3.05) is 0 Å². The first kappa shape index (κ1) is 42.9. The Balaban J connectivity index is -0.0000000128. The quantitative estimate of drug-likeness (QED) is 0.301. The molecule has 0 rings (SSSR count). The van der Waals surface area contributed by atoms with Crippen LogP contribution in [0.2, 0.25) is 0 Å². The average molecular weight is 249 g/mol. The topological polar surface area (TPSA) is 167 Å². The third kappa shape index (κ3) is 399. The Bertz CT molecular complexity index is 201. The molecule has 0 saturated carbocycles. The van der Waals surface area contributed by atoms with E-state index in [1.54, 1.807) is 0 Å². The number of rotatable bonds is 0. The summed E-state index contributed by atoms with van der Waals surface area (Å²) in [5.41, 5.74) is 0. The first-order chi connectivity index (χ1) is 4.00. The second kappa shape index (κ2) is 19.5. The molecule has 0 bridgehead atoms. The van der Waals surface area contributed by atoms with E-state index >= 15 is 0 Å². The van der Waals surface area contributed by atoms with E-state index in [2.05, 4.69) is 0 Å². The molecule has 0 fully saturated rings. The van der Waals surface area contributed by atoms with Crippen LogP contribution in [0.5, 0.6) is 0 Å². The van der Waals surface area contributed by atoms with Crippen LogP contribution in [0, 0.1) is 0 Å². The maximum atomic E-state index is 8.58. The normalized spacial score (nSPS) is 7.80. The van der Waals surface area contributed by atoms with Crippen LogP contribution in [-0.2, 0) is 25.6 Å². The van der Waals surface area contributed by atoms with Crippen molar-refractivity contribution < 1.29 is 143 Å². The Labute approximate surface area is 149 Å². The molecule has 15 heteroatoms. The molecule has 0 radical (unpaired) electrons. The van der Waals surface area contributed by atoms with E-state index in [0.717, 1.165) is 0 Å². The van der Waals surface area contributed by atoms with Gasteiger partial charge >= 0.3 is 124 Å². The first-order valence-electron chi connectivity index (χ1n) is 1.35. The molecule has 0 atom stereocenters. The first-order valence-corrected chi connectivity index (χ1v) is 4.74. The number of hydrogen-bond acceptors (Lipinski definition) is 8. The van der Waals surface area contributed by atoms with E-state index in [1.165, 1.54) is 0 Å². The second-order valence-corrected chi connectivity index (χ2v) is 2.90. The number of hydrogen-bond donors (Lipinski definition) is 0. The molecule has 0 saturated heterocycles. The van der Waals surface area contributed by atoms with Crippen molar-refractivity contribution in [2.24, 2.45) is 0 Å². The van der Waals surface area contributed by atoms with Gasteiger partial charge in [-0.1, -0.05) is 0 Å². The van der Waals surface area contributed by atoms with Gasteiger partial charge in [0.2, 0.25) is 0 Å². The summed E-state index contributed by atoms with van der Waals surface area (Å²) in [6.07, 6.45) is 0. The SMILES string of the molecule is O=P([O-])([O-])[O-].[Li+].[Li+].[Li+].[Li+].[Li+].[O]=[Mn](=[O])([O-])[O-]. The van der Waals surface area contributed by atoms with Crippen molar-refractivity contribution in [3.05, 3.63) is 0 Å². The van der Waals surface area contributed by atoms with E-state index in [4.69, 9.17) is 35.3 Å². The van der Waals surface area contributed by atoms with Crippen LogP contribution in [-0.4, -0.2) is 0 Å². The Kier molecular flexibility index (Phi) is 55.8. The summed E-state index contributed by atoms with van der Waals surface area (Å²) in [5, 5.41) is 0. The summed E-state index contributed by atoms with van der Waals surface area (Å²) in [6, 6.07) is 0. The van der Waals surface area contributed by atoms with Crippen LogP contribution in [0.4, 0.5) is 0 Å². The van der Waals surface area contributed by atoms with E-state index in [9.17, 15) is 0 Å². The molecular formula is Li5MnO8P. The van der Waals surface area contributed by atoms with Gasteiger partial charge in [-0.15, -0.1) is 0 Å². The predicted molar refractivity (Wildman–Crippen MR) is 8.98 cm³/mol. The third-order valence-corrected chi connectivity index (χ3v) is 0. The number of phosphoric acid groups is 1. The molecule has 0 amide bonds. The molecule has 0 N–H and O–H groups in total. The summed E-state index contributed by atoms with van der Waals surface area (Å²) in [5.74, 6) is 0. The van der Waals surface area contributed by atoms with Crippen LogP contribution in [0.25, 0.3) is 0 Å². The van der Waals surface area contributed by atoms with Crippen molar-refractivity contribution in [2.45, 2.75) is 0 Å². The molecule has 0 aliphatic carbocycles. The monoisotopic (exact) mass is 249 g/mol.